The van der Waals surface area contributed by atoms with Gasteiger partial charge in [0.05, 0.1) is 44.8 Å². The topological polar surface area (TPSA) is 114 Å². The summed E-state index contributed by atoms with van der Waals surface area (Å²) in [4.78, 5) is 0. The second kappa shape index (κ2) is 31.7. The predicted molar refractivity (Wildman–Crippen MR) is 430 cm³/mol. The van der Waals surface area contributed by atoms with Gasteiger partial charge in [-0.2, -0.15) is 0 Å². The molecule has 508 valence electrons. The predicted octanol–water partition coefficient (Wildman–Crippen LogP) is 19.3. The summed E-state index contributed by atoms with van der Waals surface area (Å²) in [6.07, 6.45) is 0. The van der Waals surface area contributed by atoms with Gasteiger partial charge in [-0.05, 0) is 242 Å². The van der Waals surface area contributed by atoms with Crippen LogP contribution >= 0.6 is 86.3 Å². The van der Waals surface area contributed by atoms with Crippen molar-refractivity contribution in [2.75, 3.05) is 0 Å². The molecule has 4 fully saturated rings. The fourth-order valence-electron chi connectivity index (χ4n) is 10.8. The van der Waals surface area contributed by atoms with Gasteiger partial charge in [-0.1, -0.05) is 246 Å². The van der Waals surface area contributed by atoms with Gasteiger partial charge in [0.25, 0.3) is 0 Å². The SMILES string of the molecule is Brc1cc(Br)cc(-c2ccc(-c3ccccc3)cc2)c1.Brc1cc(Br)cc(I)c1.CC1(C)OB(B2OC(C)(C)C(C)(C)O2)OC1(C)C.CC1(C)OB(c2cc(B3OC(C)(C)C(C)(C)O3)cc(-c3ccc(-c4ccccc4)cc3)c2)OC1(C)C.OB(O)c1ccc(-c2ccccc2)cc1. The molecule has 0 atom stereocenters. The molecule has 0 saturated carbocycles. The van der Waals surface area contributed by atoms with Gasteiger partial charge in [-0.3, -0.25) is 0 Å². The molecule has 9 aromatic carbocycles. The minimum Gasteiger partial charge on any atom is -0.423 e. The summed E-state index contributed by atoms with van der Waals surface area (Å²) in [7, 11) is -3.29. The molecule has 0 aliphatic carbocycles. The molecule has 4 heterocycles. The lowest BCUT2D eigenvalue weighted by atomic mass is 9.49. The molecule has 0 unspecified atom stereocenters. The summed E-state index contributed by atoms with van der Waals surface area (Å²) in [6.45, 7) is 32.8. The highest BCUT2D eigenvalue weighted by molar-refractivity contribution is 14.1. The first-order valence-electron chi connectivity index (χ1n) is 32.8. The van der Waals surface area contributed by atoms with Crippen LogP contribution in [0.2, 0.25) is 0 Å². The first-order valence-corrected chi connectivity index (χ1v) is 37.1. The zero-order valence-electron chi connectivity index (χ0n) is 58.7. The number of halogens is 5. The molecule has 13 rings (SSSR count). The van der Waals surface area contributed by atoms with Crippen LogP contribution in [0.4, 0.5) is 0 Å². The van der Waals surface area contributed by atoms with Crippen molar-refractivity contribution in [1.82, 2.24) is 0 Å². The average Bonchev–Trinajstić information content (AvgIpc) is 1.63. The highest BCUT2D eigenvalue weighted by Crippen LogP contribution is 2.44. The van der Waals surface area contributed by atoms with E-state index in [1.807, 2.05) is 122 Å². The van der Waals surface area contributed by atoms with Crippen molar-refractivity contribution in [3.63, 3.8) is 0 Å². The third-order valence-corrected chi connectivity index (χ3v) is 21.9. The van der Waals surface area contributed by atoms with Gasteiger partial charge in [-0.15, -0.1) is 0 Å². The quantitative estimate of drug-likeness (QED) is 0.107. The van der Waals surface area contributed by atoms with Gasteiger partial charge in [0, 0.05) is 21.5 Å². The zero-order chi connectivity index (χ0) is 71.4. The van der Waals surface area contributed by atoms with Crippen LogP contribution in [0.3, 0.4) is 0 Å². The van der Waals surface area contributed by atoms with Gasteiger partial charge >= 0.3 is 35.4 Å². The van der Waals surface area contributed by atoms with Crippen LogP contribution in [0.1, 0.15) is 111 Å². The van der Waals surface area contributed by atoms with Gasteiger partial charge in [0.15, 0.2) is 0 Å². The Morgan fingerprint density at radius 2 is 0.500 bits per heavy atom. The molecule has 4 aliphatic rings. The van der Waals surface area contributed by atoms with E-state index in [0.717, 1.165) is 51.1 Å². The van der Waals surface area contributed by atoms with Crippen molar-refractivity contribution in [3.05, 3.63) is 240 Å². The third kappa shape index (κ3) is 19.2. The molecule has 20 heteroatoms. The van der Waals surface area contributed by atoms with Crippen LogP contribution in [0.25, 0.3) is 55.6 Å². The maximum Gasteiger partial charge on any atom is 0.494 e. The highest BCUT2D eigenvalue weighted by atomic mass is 127. The Morgan fingerprint density at radius 3 is 0.765 bits per heavy atom. The lowest BCUT2D eigenvalue weighted by molar-refractivity contribution is 0.00578. The lowest BCUT2D eigenvalue weighted by Crippen LogP contribution is -2.41. The van der Waals surface area contributed by atoms with Gasteiger partial charge in [-0.25, -0.2) is 0 Å². The molecule has 4 aliphatic heterocycles. The Kier molecular flexibility index (Phi) is 25.1. The monoisotopic (exact) mass is 1680 g/mol. The number of rotatable bonds is 9. The van der Waals surface area contributed by atoms with Crippen molar-refractivity contribution < 1.29 is 47.3 Å². The molecule has 10 nitrogen and oxygen atoms in total. The molecule has 2 N–H and O–H groups in total. The van der Waals surface area contributed by atoms with Crippen LogP contribution < -0.4 is 16.4 Å². The van der Waals surface area contributed by atoms with Crippen molar-refractivity contribution in [3.8, 4) is 55.6 Å². The smallest absolute Gasteiger partial charge is 0.423 e. The standard InChI is InChI=1S/C30H36B2O4.C18H12Br2.C12H24B2O4.C12H11BO2.C6H3Br2I/c1-27(2)28(3,4)34-31(33-27)25-18-24(19-26(20-25)32-35-29(5,6)30(7,8)36-32)23-16-14-22(15-17-23)21-12-10-9-11-13-21;19-17-10-16(11-18(20)12-17)15-8-6-14(7-9-15)13-4-2-1-3-5-13;1-9(2)10(3,4)16-13(15-9)14-17-11(5,6)12(7,8)18-14;14-13(15)12-8-6-11(7-9-12)10-4-2-1-3-5-10;7-4-1-5(8)3-6(9)2-4/h9-20H,1-8H3;1-12H;1-8H3;1-9,14-15H;1-3H. The van der Waals surface area contributed by atoms with Crippen LogP contribution in [0, 0.1) is 3.57 Å². The molecule has 0 bridgehead atoms. The van der Waals surface area contributed by atoms with Crippen LogP contribution in [0.15, 0.2) is 236 Å². The average molecular weight is 1680 g/mol. The second-order valence-corrected chi connectivity index (χ2v) is 33.7. The Bertz CT molecular complexity index is 3910. The maximum atomic E-state index is 8.94. The van der Waals surface area contributed by atoms with Crippen molar-refractivity contribution in [2.45, 2.75) is 156 Å². The molecule has 0 aromatic heterocycles. The van der Waals surface area contributed by atoms with Gasteiger partial charge in [0.1, 0.15) is 0 Å². The van der Waals surface area contributed by atoms with Gasteiger partial charge in [0.2, 0.25) is 0 Å². The molecule has 9 aromatic rings. The highest BCUT2D eigenvalue weighted by Gasteiger charge is 2.64. The summed E-state index contributed by atoms with van der Waals surface area (Å²) < 4.78 is 55.1. The molecule has 4 saturated heterocycles. The molecular weight excluding hydrogens is 1600 g/mol. The van der Waals surface area contributed by atoms with E-state index in [1.54, 1.807) is 12.1 Å². The van der Waals surface area contributed by atoms with Crippen molar-refractivity contribution in [2.24, 2.45) is 0 Å². The normalized spacial score (nSPS) is 18.4. The summed E-state index contributed by atoms with van der Waals surface area (Å²) in [6, 6.07) is 74.2. The van der Waals surface area contributed by atoms with E-state index in [-0.39, 0.29) is 22.4 Å². The number of hydrogen-bond donors (Lipinski definition) is 2. The maximum absolute atomic E-state index is 8.94. The number of benzene rings is 9. The first-order chi connectivity index (χ1) is 45.8. The summed E-state index contributed by atoms with van der Waals surface area (Å²) in [5, 5.41) is 17.9. The summed E-state index contributed by atoms with van der Waals surface area (Å²) >= 11 is 16.1. The Balaban J connectivity index is 0.000000155. The largest absolute Gasteiger partial charge is 0.494 e. The van der Waals surface area contributed by atoms with E-state index in [9.17, 15) is 0 Å². The molecular formula is C78H86B5Br4IO10. The Hall–Kier alpha value is -4.45. The summed E-state index contributed by atoms with van der Waals surface area (Å²) in [5.41, 5.74) is 11.0. The van der Waals surface area contributed by atoms with E-state index in [0.29, 0.717) is 5.46 Å². The molecule has 0 radical (unpaired) electrons. The minimum absolute atomic E-state index is 0.360. The zero-order valence-corrected chi connectivity index (χ0v) is 67.2. The molecule has 0 spiro atoms. The van der Waals surface area contributed by atoms with Gasteiger partial charge < -0.3 is 47.3 Å². The van der Waals surface area contributed by atoms with Crippen LogP contribution in [-0.2, 0) is 37.2 Å². The fourth-order valence-corrected chi connectivity index (χ4v) is 14.9. The van der Waals surface area contributed by atoms with E-state index >= 15 is 0 Å². The van der Waals surface area contributed by atoms with E-state index in [2.05, 4.69) is 281 Å². The van der Waals surface area contributed by atoms with Crippen LogP contribution in [-0.4, -0.2) is 90.2 Å². The molecule has 98 heavy (non-hydrogen) atoms. The Morgan fingerprint density at radius 1 is 0.276 bits per heavy atom. The lowest BCUT2D eigenvalue weighted by Gasteiger charge is -2.32. The minimum atomic E-state index is -1.39. The van der Waals surface area contributed by atoms with E-state index in [1.165, 1.54) is 37.0 Å². The number of hydrogen-bond acceptors (Lipinski definition) is 10. The first kappa shape index (κ1) is 77.7. The second-order valence-electron chi connectivity index (χ2n) is 28.8. The van der Waals surface area contributed by atoms with Crippen molar-refractivity contribution >= 4 is 138 Å². The van der Waals surface area contributed by atoms with E-state index < -0.39 is 57.8 Å². The third-order valence-electron chi connectivity index (χ3n) is 19.5. The Labute approximate surface area is 630 Å². The van der Waals surface area contributed by atoms with E-state index in [4.69, 9.17) is 47.3 Å². The fraction of sp³-hybridized carbons (Fsp3) is 0.308. The molecule has 0 amide bonds. The van der Waals surface area contributed by atoms with Crippen LogP contribution in [0.5, 0.6) is 0 Å². The van der Waals surface area contributed by atoms with Crippen molar-refractivity contribution in [1.29, 1.82) is 0 Å². The summed E-state index contributed by atoms with van der Waals surface area (Å²) in [5.74, 6) is 0.